The Hall–Kier alpha value is -2.97. The number of likely N-dealkylation sites (tertiary alicyclic amines) is 1. The third-order valence-corrected chi connectivity index (χ3v) is 8.36. The number of aliphatic hydroxyl groups excluding tert-OH is 1. The Balaban J connectivity index is 1.55. The van der Waals surface area contributed by atoms with Crippen molar-refractivity contribution in [3.05, 3.63) is 60.2 Å². The number of amides is 2. The minimum Gasteiger partial charge on any atom is -0.465 e. The van der Waals surface area contributed by atoms with Crippen molar-refractivity contribution in [3.8, 4) is 0 Å². The van der Waals surface area contributed by atoms with Gasteiger partial charge in [-0.15, -0.1) is 0 Å². The van der Waals surface area contributed by atoms with Gasteiger partial charge in [0.1, 0.15) is 17.6 Å². The van der Waals surface area contributed by atoms with E-state index in [2.05, 4.69) is 0 Å². The number of hydrogen-bond acceptors (Lipinski definition) is 6. The highest BCUT2D eigenvalue weighted by molar-refractivity contribution is 5.99. The number of esters is 1. The molecule has 38 heavy (non-hydrogen) atoms. The molecule has 8 nitrogen and oxygen atoms in total. The SMILES string of the molecule is C[C@@]12/C=C\CCCCOC(=O)[C@@H]1[C@H]1C(=O)N(CCCCCO)C3C(=O)N(Cc4ccccc4)CC=C[C@@]31O2. The van der Waals surface area contributed by atoms with Crippen molar-refractivity contribution in [1.29, 1.82) is 0 Å². The van der Waals surface area contributed by atoms with Gasteiger partial charge < -0.3 is 24.4 Å². The molecule has 8 heteroatoms. The number of allylic oxidation sites excluding steroid dienone is 1. The number of carbonyl (C=O) groups excluding carboxylic acids is 3. The molecule has 0 bridgehead atoms. The first kappa shape index (κ1) is 26.6. The molecule has 4 aliphatic rings. The van der Waals surface area contributed by atoms with Crippen molar-refractivity contribution in [1.82, 2.24) is 9.80 Å². The lowest BCUT2D eigenvalue weighted by atomic mass is 9.74. The largest absolute Gasteiger partial charge is 0.465 e. The average molecular weight is 523 g/mol. The van der Waals surface area contributed by atoms with Crippen LogP contribution in [0, 0.1) is 11.8 Å². The third-order valence-electron chi connectivity index (χ3n) is 8.36. The zero-order chi connectivity index (χ0) is 26.8. The molecule has 5 rings (SSSR count). The van der Waals surface area contributed by atoms with E-state index < -0.39 is 35.0 Å². The van der Waals surface area contributed by atoms with Crippen LogP contribution in [0.5, 0.6) is 0 Å². The Labute approximate surface area is 224 Å². The number of benzene rings is 1. The molecule has 0 radical (unpaired) electrons. The molecule has 0 saturated carbocycles. The summed E-state index contributed by atoms with van der Waals surface area (Å²) in [5.74, 6) is -2.58. The molecule has 1 unspecified atom stereocenters. The average Bonchev–Trinajstić information content (AvgIpc) is 3.24. The summed E-state index contributed by atoms with van der Waals surface area (Å²) in [6, 6.07) is 8.90. The zero-order valence-corrected chi connectivity index (χ0v) is 22.1. The first-order valence-electron chi connectivity index (χ1n) is 13.9. The van der Waals surface area contributed by atoms with Crippen molar-refractivity contribution in [2.24, 2.45) is 11.8 Å². The summed E-state index contributed by atoms with van der Waals surface area (Å²) in [5, 5.41) is 9.23. The van der Waals surface area contributed by atoms with Crippen LogP contribution < -0.4 is 0 Å². The summed E-state index contributed by atoms with van der Waals surface area (Å²) in [6.07, 6.45) is 12.2. The molecule has 204 valence electrons. The molecule has 4 heterocycles. The molecule has 1 spiro atoms. The van der Waals surface area contributed by atoms with E-state index in [9.17, 15) is 19.5 Å². The quantitative estimate of drug-likeness (QED) is 0.336. The van der Waals surface area contributed by atoms with Crippen molar-refractivity contribution in [3.63, 3.8) is 0 Å². The fourth-order valence-corrected chi connectivity index (χ4v) is 6.60. The van der Waals surface area contributed by atoms with E-state index in [0.717, 1.165) is 31.2 Å². The maximum Gasteiger partial charge on any atom is 0.313 e. The van der Waals surface area contributed by atoms with Gasteiger partial charge in [-0.1, -0.05) is 54.6 Å². The van der Waals surface area contributed by atoms with Crippen molar-refractivity contribution in [2.45, 2.75) is 69.2 Å². The maximum atomic E-state index is 14.3. The molecule has 0 aliphatic carbocycles. The molecule has 5 atom stereocenters. The van der Waals surface area contributed by atoms with E-state index >= 15 is 0 Å². The van der Waals surface area contributed by atoms with Gasteiger partial charge in [-0.25, -0.2) is 0 Å². The molecule has 1 aromatic carbocycles. The smallest absolute Gasteiger partial charge is 0.313 e. The van der Waals surface area contributed by atoms with Gasteiger partial charge in [0.15, 0.2) is 0 Å². The highest BCUT2D eigenvalue weighted by Crippen LogP contribution is 2.57. The molecule has 2 saturated heterocycles. The molecular formula is C30H38N2O6. The van der Waals surface area contributed by atoms with Gasteiger partial charge in [0.05, 0.1) is 18.1 Å². The number of unbranched alkanes of at least 4 members (excludes halogenated alkanes) is 2. The van der Waals surface area contributed by atoms with E-state index in [1.807, 2.05) is 61.6 Å². The summed E-state index contributed by atoms with van der Waals surface area (Å²) in [4.78, 5) is 45.4. The molecule has 2 amide bonds. The van der Waals surface area contributed by atoms with Crippen LogP contribution in [0.4, 0.5) is 0 Å². The predicted molar refractivity (Wildman–Crippen MR) is 141 cm³/mol. The van der Waals surface area contributed by atoms with Gasteiger partial charge in [0.25, 0.3) is 0 Å². The van der Waals surface area contributed by atoms with Gasteiger partial charge in [-0.05, 0) is 51.0 Å². The number of hydrogen-bond donors (Lipinski definition) is 1. The number of carbonyl (C=O) groups is 3. The van der Waals surface area contributed by atoms with Crippen LogP contribution in [-0.2, 0) is 30.4 Å². The third kappa shape index (κ3) is 4.69. The van der Waals surface area contributed by atoms with Gasteiger partial charge in [-0.2, -0.15) is 0 Å². The Morgan fingerprint density at radius 1 is 0.974 bits per heavy atom. The second-order valence-electron chi connectivity index (χ2n) is 11.0. The standard InChI is InChI=1S/C30H38N2O6/c1-29-15-8-2-3-11-20-37-28(36)24(29)23-26(34)32(18-9-5-10-19-33)25-27(35)31(17-12-16-30(23,25)38-29)21-22-13-6-4-7-14-22/h4,6-8,12-16,23-25,33H,2-3,5,9-11,17-21H2,1H3/b15-8-/t23-,24-,25?,29+,30-/m0/s1. The molecule has 1 N–H and O–H groups in total. The zero-order valence-electron chi connectivity index (χ0n) is 22.1. The highest BCUT2D eigenvalue weighted by Gasteiger charge is 2.74. The van der Waals surface area contributed by atoms with E-state index in [4.69, 9.17) is 9.47 Å². The molecule has 1 aromatic rings. The first-order valence-corrected chi connectivity index (χ1v) is 13.9. The summed E-state index contributed by atoms with van der Waals surface area (Å²) < 4.78 is 12.5. The molecular weight excluding hydrogens is 484 g/mol. The maximum absolute atomic E-state index is 14.3. The molecule has 0 aromatic heterocycles. The van der Waals surface area contributed by atoms with Crippen LogP contribution >= 0.6 is 0 Å². The first-order chi connectivity index (χ1) is 18.4. The van der Waals surface area contributed by atoms with Crippen molar-refractivity contribution >= 4 is 17.8 Å². The molecule has 4 aliphatic heterocycles. The fourth-order valence-electron chi connectivity index (χ4n) is 6.60. The Morgan fingerprint density at radius 3 is 2.58 bits per heavy atom. The number of ether oxygens (including phenoxy) is 2. The van der Waals surface area contributed by atoms with Crippen LogP contribution in [0.15, 0.2) is 54.6 Å². The van der Waals surface area contributed by atoms with Crippen LogP contribution in [0.25, 0.3) is 0 Å². The highest BCUT2D eigenvalue weighted by atomic mass is 16.6. The van der Waals surface area contributed by atoms with Crippen LogP contribution in [0.3, 0.4) is 0 Å². The van der Waals surface area contributed by atoms with E-state index in [1.165, 1.54) is 0 Å². The summed E-state index contributed by atoms with van der Waals surface area (Å²) in [6.45, 7) is 3.38. The van der Waals surface area contributed by atoms with Crippen molar-refractivity contribution < 1.29 is 29.0 Å². The predicted octanol–water partition coefficient (Wildman–Crippen LogP) is 3.00. The minimum absolute atomic E-state index is 0.0815. The lowest BCUT2D eigenvalue weighted by molar-refractivity contribution is -0.160. The number of aliphatic hydroxyl groups is 1. The monoisotopic (exact) mass is 522 g/mol. The number of nitrogens with zero attached hydrogens (tertiary/aromatic N) is 2. The van der Waals surface area contributed by atoms with Crippen LogP contribution in [-0.4, -0.2) is 76.2 Å². The second kappa shape index (κ2) is 11.0. The van der Waals surface area contributed by atoms with Crippen LogP contribution in [0.1, 0.15) is 51.0 Å². The Kier molecular flexibility index (Phi) is 7.73. The lowest BCUT2D eigenvalue weighted by Gasteiger charge is -2.37. The lowest BCUT2D eigenvalue weighted by Crippen LogP contribution is -2.55. The summed E-state index contributed by atoms with van der Waals surface area (Å²) in [5.41, 5.74) is -1.34. The fraction of sp³-hybridized carbons (Fsp3) is 0.567. The Morgan fingerprint density at radius 2 is 1.79 bits per heavy atom. The van der Waals surface area contributed by atoms with E-state index in [0.29, 0.717) is 39.1 Å². The number of fused-ring (bicyclic) bond motifs is 2. The Bertz CT molecular complexity index is 1100. The summed E-state index contributed by atoms with van der Waals surface area (Å²) in [7, 11) is 0. The molecule has 2 fully saturated rings. The van der Waals surface area contributed by atoms with Gasteiger partial charge in [0, 0.05) is 26.2 Å². The minimum atomic E-state index is -1.27. The van der Waals surface area contributed by atoms with Crippen molar-refractivity contribution in [2.75, 3.05) is 26.3 Å². The van der Waals surface area contributed by atoms with Gasteiger partial charge >= 0.3 is 5.97 Å². The number of rotatable bonds is 7. The number of cyclic esters (lactones) is 1. The van der Waals surface area contributed by atoms with E-state index in [-0.39, 0.29) is 18.4 Å². The van der Waals surface area contributed by atoms with Crippen LogP contribution in [0.2, 0.25) is 0 Å². The topological polar surface area (TPSA) is 96.4 Å². The van der Waals surface area contributed by atoms with Gasteiger partial charge in [0.2, 0.25) is 11.8 Å². The van der Waals surface area contributed by atoms with Gasteiger partial charge in [-0.3, -0.25) is 14.4 Å². The van der Waals surface area contributed by atoms with E-state index in [1.54, 1.807) is 9.80 Å². The normalized spacial score (nSPS) is 33.8. The summed E-state index contributed by atoms with van der Waals surface area (Å²) >= 11 is 0. The second-order valence-corrected chi connectivity index (χ2v) is 11.0.